The van der Waals surface area contributed by atoms with E-state index in [0.29, 0.717) is 12.0 Å². The number of amidine groups is 1. The summed E-state index contributed by atoms with van der Waals surface area (Å²) in [5.74, 6) is 0. The molecule has 0 bridgehead atoms. The third kappa shape index (κ3) is 5.84. The SMILES string of the molecule is C=C(Cc1ncccc1C#N)NC(=NC)S/C=C(/C)CC. The highest BCUT2D eigenvalue weighted by Crippen LogP contribution is 2.13. The molecular weight excluding hydrogens is 280 g/mol. The average molecular weight is 300 g/mol. The zero-order valence-corrected chi connectivity index (χ0v) is 13.5. The summed E-state index contributed by atoms with van der Waals surface area (Å²) in [6.07, 6.45) is 3.20. The van der Waals surface area contributed by atoms with Crippen molar-refractivity contribution in [2.24, 2.45) is 4.99 Å². The van der Waals surface area contributed by atoms with E-state index >= 15 is 0 Å². The third-order valence-electron chi connectivity index (χ3n) is 2.81. The van der Waals surface area contributed by atoms with Crippen LogP contribution in [0.5, 0.6) is 0 Å². The van der Waals surface area contributed by atoms with Gasteiger partial charge < -0.3 is 5.32 Å². The molecular formula is C16H20N4S. The van der Waals surface area contributed by atoms with E-state index < -0.39 is 0 Å². The minimum atomic E-state index is 0.500. The molecule has 1 N–H and O–H groups in total. The first-order valence-corrected chi connectivity index (χ1v) is 7.56. The second kappa shape index (κ2) is 8.98. The van der Waals surface area contributed by atoms with Gasteiger partial charge in [-0.3, -0.25) is 9.98 Å². The molecule has 0 saturated heterocycles. The molecule has 0 atom stereocenters. The average Bonchev–Trinajstić information content (AvgIpc) is 2.51. The predicted molar refractivity (Wildman–Crippen MR) is 89.9 cm³/mol. The van der Waals surface area contributed by atoms with Crippen LogP contribution in [0.4, 0.5) is 0 Å². The van der Waals surface area contributed by atoms with Crippen LogP contribution in [0.25, 0.3) is 0 Å². The quantitative estimate of drug-likeness (QED) is 0.666. The van der Waals surface area contributed by atoms with Crippen molar-refractivity contribution in [3.8, 4) is 6.07 Å². The van der Waals surface area contributed by atoms with Crippen molar-refractivity contribution in [1.29, 1.82) is 5.26 Å². The van der Waals surface area contributed by atoms with Gasteiger partial charge in [-0.25, -0.2) is 0 Å². The molecule has 5 heteroatoms. The summed E-state index contributed by atoms with van der Waals surface area (Å²) in [6, 6.07) is 5.65. The number of hydrogen-bond donors (Lipinski definition) is 1. The van der Waals surface area contributed by atoms with Crippen LogP contribution >= 0.6 is 11.8 Å². The molecule has 1 heterocycles. The van der Waals surface area contributed by atoms with E-state index in [0.717, 1.165) is 23.0 Å². The topological polar surface area (TPSA) is 61.1 Å². The zero-order valence-electron chi connectivity index (χ0n) is 12.7. The molecule has 0 saturated carbocycles. The van der Waals surface area contributed by atoms with Crippen LogP contribution < -0.4 is 5.32 Å². The molecule has 0 aliphatic carbocycles. The van der Waals surface area contributed by atoms with Crippen LogP contribution in [0.1, 0.15) is 31.5 Å². The fourth-order valence-electron chi connectivity index (χ4n) is 1.46. The smallest absolute Gasteiger partial charge is 0.164 e. The lowest BCUT2D eigenvalue weighted by Gasteiger charge is -2.10. The molecule has 0 radical (unpaired) electrons. The Morgan fingerprint density at radius 1 is 1.62 bits per heavy atom. The Hall–Kier alpha value is -2.06. The van der Waals surface area contributed by atoms with Crippen molar-refractivity contribution in [3.63, 3.8) is 0 Å². The van der Waals surface area contributed by atoms with E-state index in [1.54, 1.807) is 25.4 Å². The van der Waals surface area contributed by atoms with Crippen molar-refractivity contribution >= 4 is 16.9 Å². The Balaban J connectivity index is 2.66. The minimum absolute atomic E-state index is 0.500. The highest BCUT2D eigenvalue weighted by atomic mass is 32.2. The molecule has 1 rings (SSSR count). The number of rotatable bonds is 5. The lowest BCUT2D eigenvalue weighted by molar-refractivity contribution is 0.970. The largest absolute Gasteiger partial charge is 0.339 e. The van der Waals surface area contributed by atoms with Crippen LogP contribution in [0.2, 0.25) is 0 Å². The summed E-state index contributed by atoms with van der Waals surface area (Å²) in [5, 5.41) is 15.1. The summed E-state index contributed by atoms with van der Waals surface area (Å²) in [4.78, 5) is 8.42. The van der Waals surface area contributed by atoms with Crippen molar-refractivity contribution in [2.45, 2.75) is 26.7 Å². The molecule has 0 unspecified atom stereocenters. The van der Waals surface area contributed by atoms with Gasteiger partial charge in [0.05, 0.1) is 11.3 Å². The van der Waals surface area contributed by atoms with Crippen LogP contribution in [-0.2, 0) is 6.42 Å². The minimum Gasteiger partial charge on any atom is -0.339 e. The summed E-state index contributed by atoms with van der Waals surface area (Å²) >= 11 is 1.53. The number of nitrogens with one attached hydrogen (secondary N) is 1. The van der Waals surface area contributed by atoms with Gasteiger partial charge in [-0.05, 0) is 30.9 Å². The van der Waals surface area contributed by atoms with Gasteiger partial charge >= 0.3 is 0 Å². The second-order valence-electron chi connectivity index (χ2n) is 4.48. The Bertz CT molecular complexity index is 597. The fourth-order valence-corrected chi connectivity index (χ4v) is 2.24. The zero-order chi connectivity index (χ0) is 15.7. The maximum absolute atomic E-state index is 9.06. The Kier molecular flexibility index (Phi) is 7.27. The highest BCUT2D eigenvalue weighted by Gasteiger charge is 2.06. The van der Waals surface area contributed by atoms with E-state index in [2.05, 4.69) is 47.2 Å². The van der Waals surface area contributed by atoms with Gasteiger partial charge in [0, 0.05) is 25.4 Å². The summed E-state index contributed by atoms with van der Waals surface area (Å²) < 4.78 is 0. The summed E-state index contributed by atoms with van der Waals surface area (Å²) in [6.45, 7) is 8.19. The molecule has 0 spiro atoms. The summed E-state index contributed by atoms with van der Waals surface area (Å²) in [5.41, 5.74) is 3.36. The maximum atomic E-state index is 9.06. The molecule has 0 aliphatic rings. The van der Waals surface area contributed by atoms with Crippen molar-refractivity contribution < 1.29 is 0 Å². The molecule has 0 fully saturated rings. The lowest BCUT2D eigenvalue weighted by Crippen LogP contribution is -2.20. The number of thioether (sulfide) groups is 1. The van der Waals surface area contributed by atoms with Crippen LogP contribution in [0.15, 0.2) is 46.6 Å². The Labute approximate surface area is 130 Å². The Morgan fingerprint density at radius 2 is 2.38 bits per heavy atom. The van der Waals surface area contributed by atoms with Gasteiger partial charge in [-0.2, -0.15) is 5.26 Å². The number of hydrogen-bond acceptors (Lipinski definition) is 4. The number of aromatic nitrogens is 1. The lowest BCUT2D eigenvalue weighted by atomic mass is 10.1. The maximum Gasteiger partial charge on any atom is 0.164 e. The fraction of sp³-hybridized carbons (Fsp3) is 0.312. The van der Waals surface area contributed by atoms with Gasteiger partial charge in [0.1, 0.15) is 6.07 Å². The molecule has 110 valence electrons. The normalized spacial score (nSPS) is 11.9. The van der Waals surface area contributed by atoms with E-state index in [9.17, 15) is 0 Å². The highest BCUT2D eigenvalue weighted by molar-refractivity contribution is 8.16. The second-order valence-corrected chi connectivity index (χ2v) is 5.34. The van der Waals surface area contributed by atoms with E-state index in [-0.39, 0.29) is 0 Å². The molecule has 0 aliphatic heterocycles. The van der Waals surface area contributed by atoms with Crippen LogP contribution in [0, 0.1) is 11.3 Å². The monoisotopic (exact) mass is 300 g/mol. The number of allylic oxidation sites excluding steroid dienone is 2. The Morgan fingerprint density at radius 3 is 3.00 bits per heavy atom. The van der Waals surface area contributed by atoms with E-state index in [1.807, 2.05) is 0 Å². The first-order chi connectivity index (χ1) is 10.1. The van der Waals surface area contributed by atoms with Crippen molar-refractivity contribution in [3.05, 3.63) is 52.8 Å². The van der Waals surface area contributed by atoms with E-state index in [1.165, 1.54) is 17.3 Å². The van der Waals surface area contributed by atoms with Crippen LogP contribution in [0.3, 0.4) is 0 Å². The van der Waals surface area contributed by atoms with Gasteiger partial charge in [0.25, 0.3) is 0 Å². The van der Waals surface area contributed by atoms with Gasteiger partial charge in [-0.1, -0.05) is 30.8 Å². The van der Waals surface area contributed by atoms with Crippen molar-refractivity contribution in [1.82, 2.24) is 10.3 Å². The first kappa shape index (κ1) is 17.0. The number of nitrogens with zero attached hydrogens (tertiary/aromatic N) is 3. The van der Waals surface area contributed by atoms with Crippen LogP contribution in [-0.4, -0.2) is 17.2 Å². The summed E-state index contributed by atoms with van der Waals surface area (Å²) in [7, 11) is 1.74. The third-order valence-corrected chi connectivity index (χ3v) is 3.84. The van der Waals surface area contributed by atoms with Crippen molar-refractivity contribution in [2.75, 3.05) is 7.05 Å². The van der Waals surface area contributed by atoms with Gasteiger partial charge in [0.15, 0.2) is 5.17 Å². The van der Waals surface area contributed by atoms with Gasteiger partial charge in [-0.15, -0.1) is 0 Å². The molecule has 0 aromatic carbocycles. The first-order valence-electron chi connectivity index (χ1n) is 6.68. The molecule has 1 aromatic heterocycles. The molecule has 21 heavy (non-hydrogen) atoms. The van der Waals surface area contributed by atoms with Gasteiger partial charge in [0.2, 0.25) is 0 Å². The number of aliphatic imine (C=N–C) groups is 1. The molecule has 0 amide bonds. The number of nitriles is 1. The predicted octanol–water partition coefficient (Wildman–Crippen LogP) is 3.63. The molecule has 1 aromatic rings. The van der Waals surface area contributed by atoms with E-state index in [4.69, 9.17) is 5.26 Å². The standard InChI is InChI=1S/C16H20N4S/c1-5-12(2)11-21-16(18-4)20-13(3)9-15-14(10-17)7-6-8-19-15/h6-8,11H,3,5,9H2,1-2,4H3,(H,18,20)/b12-11-. The number of pyridine rings is 1. The molecule has 4 nitrogen and oxygen atoms in total.